The molecule has 0 saturated carbocycles. The van der Waals surface area contributed by atoms with Gasteiger partial charge in [0, 0.05) is 19.2 Å². The Morgan fingerprint density at radius 1 is 1.43 bits per heavy atom. The zero-order valence-corrected chi connectivity index (χ0v) is 11.8. The number of nitro benzene ring substituents is 1. The molecule has 0 N–H and O–H groups in total. The van der Waals surface area contributed by atoms with Crippen LogP contribution < -0.4 is 0 Å². The van der Waals surface area contributed by atoms with Gasteiger partial charge < -0.3 is 4.90 Å². The fourth-order valence-electron chi connectivity index (χ4n) is 1.70. The zero-order chi connectivity index (χ0) is 16.4. The van der Waals surface area contributed by atoms with Gasteiger partial charge in [0.15, 0.2) is 0 Å². The van der Waals surface area contributed by atoms with Gasteiger partial charge in [-0.1, -0.05) is 6.92 Å². The molecule has 116 valence electrons. The van der Waals surface area contributed by atoms with Gasteiger partial charge in [0.2, 0.25) is 0 Å². The van der Waals surface area contributed by atoms with Crippen molar-refractivity contribution in [2.75, 3.05) is 7.05 Å². The van der Waals surface area contributed by atoms with Crippen LogP contribution >= 0.6 is 0 Å². The second-order valence-electron chi connectivity index (χ2n) is 4.66. The molecule has 1 rings (SSSR count). The van der Waals surface area contributed by atoms with Gasteiger partial charge in [-0.3, -0.25) is 14.9 Å². The number of nitrogens with zero attached hydrogens (tertiary/aromatic N) is 2. The van der Waals surface area contributed by atoms with Crippen molar-refractivity contribution in [2.24, 2.45) is 0 Å². The molecule has 0 heterocycles. The maximum absolute atomic E-state index is 12.6. The summed E-state index contributed by atoms with van der Waals surface area (Å²) in [5, 5.41) is 10.9. The molecule has 8 heteroatoms. The number of benzene rings is 1. The minimum Gasteiger partial charge on any atom is -0.339 e. The average molecular weight is 304 g/mol. The van der Waals surface area contributed by atoms with Crippen molar-refractivity contribution in [2.45, 2.75) is 32.5 Å². The quantitative estimate of drug-likeness (QED) is 0.632. The first-order valence-corrected chi connectivity index (χ1v) is 6.22. The van der Waals surface area contributed by atoms with E-state index in [1.807, 2.05) is 6.92 Å². The van der Waals surface area contributed by atoms with Crippen molar-refractivity contribution in [3.05, 3.63) is 39.4 Å². The highest BCUT2D eigenvalue weighted by molar-refractivity contribution is 5.98. The molecule has 0 aromatic heterocycles. The second-order valence-corrected chi connectivity index (χ2v) is 4.66. The lowest BCUT2D eigenvalue weighted by Crippen LogP contribution is -2.35. The largest absolute Gasteiger partial charge is 0.416 e. The molecule has 1 aromatic rings. The van der Waals surface area contributed by atoms with Gasteiger partial charge >= 0.3 is 6.18 Å². The number of carbonyl (C=O) groups is 1. The van der Waals surface area contributed by atoms with Gasteiger partial charge in [-0.2, -0.15) is 13.2 Å². The minimum atomic E-state index is -4.70. The smallest absolute Gasteiger partial charge is 0.339 e. The van der Waals surface area contributed by atoms with E-state index in [2.05, 4.69) is 0 Å². The molecule has 0 spiro atoms. The van der Waals surface area contributed by atoms with Crippen LogP contribution in [-0.2, 0) is 6.18 Å². The number of nitro groups is 1. The molecular weight excluding hydrogens is 289 g/mol. The van der Waals surface area contributed by atoms with E-state index in [0.717, 1.165) is 6.07 Å². The van der Waals surface area contributed by atoms with Crippen LogP contribution in [0.2, 0.25) is 0 Å². The summed E-state index contributed by atoms with van der Waals surface area (Å²) in [7, 11) is 1.46. The molecule has 21 heavy (non-hydrogen) atoms. The molecule has 5 nitrogen and oxygen atoms in total. The molecule has 0 fully saturated rings. The number of rotatable bonds is 4. The van der Waals surface area contributed by atoms with Crippen molar-refractivity contribution in [1.29, 1.82) is 0 Å². The first kappa shape index (κ1) is 16.9. The summed E-state index contributed by atoms with van der Waals surface area (Å²) in [6.45, 7) is 3.57. The molecule has 0 aliphatic rings. The summed E-state index contributed by atoms with van der Waals surface area (Å²) in [6.07, 6.45) is -4.08. The summed E-state index contributed by atoms with van der Waals surface area (Å²) >= 11 is 0. The maximum atomic E-state index is 12.6. The lowest BCUT2D eigenvalue weighted by atomic mass is 10.1. The van der Waals surface area contributed by atoms with E-state index in [0.29, 0.717) is 18.6 Å². The van der Waals surface area contributed by atoms with Crippen LogP contribution in [0.4, 0.5) is 18.9 Å². The second kappa shape index (κ2) is 6.11. The van der Waals surface area contributed by atoms with Crippen molar-refractivity contribution in [1.82, 2.24) is 4.90 Å². The monoisotopic (exact) mass is 304 g/mol. The van der Waals surface area contributed by atoms with E-state index >= 15 is 0 Å². The van der Waals surface area contributed by atoms with Gasteiger partial charge in [-0.25, -0.2) is 0 Å². The normalized spacial score (nSPS) is 12.9. The van der Waals surface area contributed by atoms with E-state index in [9.17, 15) is 28.1 Å². The SMILES string of the molecule is CC[C@@H](C)N(C)C(=O)c1ccc(C(F)(F)F)cc1[N+](=O)[O-]. The molecule has 0 bridgehead atoms. The third-order valence-corrected chi connectivity index (χ3v) is 3.32. The number of hydrogen-bond donors (Lipinski definition) is 0. The molecule has 0 unspecified atom stereocenters. The predicted octanol–water partition coefficient (Wildman–Crippen LogP) is 3.48. The van der Waals surface area contributed by atoms with E-state index in [1.165, 1.54) is 11.9 Å². The number of amides is 1. The Labute approximate surface area is 119 Å². The summed E-state index contributed by atoms with van der Waals surface area (Å²) < 4.78 is 37.8. The average Bonchev–Trinajstić information content (AvgIpc) is 2.43. The van der Waals surface area contributed by atoms with Crippen molar-refractivity contribution in [3.63, 3.8) is 0 Å². The van der Waals surface area contributed by atoms with Gasteiger partial charge in [0.25, 0.3) is 11.6 Å². The van der Waals surface area contributed by atoms with Crippen LogP contribution in [0, 0.1) is 10.1 Å². The topological polar surface area (TPSA) is 63.5 Å². The molecule has 0 saturated heterocycles. The fourth-order valence-corrected chi connectivity index (χ4v) is 1.70. The van der Waals surface area contributed by atoms with Gasteiger partial charge in [0.05, 0.1) is 10.5 Å². The van der Waals surface area contributed by atoms with Gasteiger partial charge in [-0.05, 0) is 25.5 Å². The summed E-state index contributed by atoms with van der Waals surface area (Å²) in [5.74, 6) is -0.676. The lowest BCUT2D eigenvalue weighted by Gasteiger charge is -2.23. The Hall–Kier alpha value is -2.12. The lowest BCUT2D eigenvalue weighted by molar-refractivity contribution is -0.385. The number of carbonyl (C=O) groups excluding carboxylic acids is 1. The third kappa shape index (κ3) is 3.71. The number of alkyl halides is 3. The Kier molecular flexibility index (Phi) is 4.93. The standard InChI is InChI=1S/C13H15F3N2O3/c1-4-8(2)17(3)12(19)10-6-5-9(13(14,15)16)7-11(10)18(20)21/h5-8H,4H2,1-3H3/t8-/m1/s1. The Balaban J connectivity index is 3.31. The van der Waals surface area contributed by atoms with E-state index in [1.54, 1.807) is 6.92 Å². The highest BCUT2D eigenvalue weighted by Gasteiger charge is 2.34. The van der Waals surface area contributed by atoms with Crippen molar-refractivity contribution in [3.8, 4) is 0 Å². The van der Waals surface area contributed by atoms with Crippen LogP contribution in [0.15, 0.2) is 18.2 Å². The highest BCUT2D eigenvalue weighted by Crippen LogP contribution is 2.33. The molecule has 1 amide bonds. The Bertz CT molecular complexity index is 558. The Morgan fingerprint density at radius 3 is 2.43 bits per heavy atom. The summed E-state index contributed by atoms with van der Waals surface area (Å²) in [4.78, 5) is 23.4. The van der Waals surface area contributed by atoms with E-state index < -0.39 is 28.3 Å². The first-order valence-electron chi connectivity index (χ1n) is 6.22. The molecule has 0 aliphatic heterocycles. The summed E-state index contributed by atoms with van der Waals surface area (Å²) in [6, 6.07) is 1.73. The third-order valence-electron chi connectivity index (χ3n) is 3.32. The van der Waals surface area contributed by atoms with Gasteiger partial charge in [-0.15, -0.1) is 0 Å². The van der Waals surface area contributed by atoms with Crippen LogP contribution in [0.1, 0.15) is 36.2 Å². The van der Waals surface area contributed by atoms with Crippen LogP contribution in [0.25, 0.3) is 0 Å². The number of halogens is 3. The predicted molar refractivity (Wildman–Crippen MR) is 69.9 cm³/mol. The Morgan fingerprint density at radius 2 is 2.00 bits per heavy atom. The molecular formula is C13H15F3N2O3. The fraction of sp³-hybridized carbons (Fsp3) is 0.462. The molecule has 1 atom stereocenters. The number of hydrogen-bond acceptors (Lipinski definition) is 3. The van der Waals surface area contributed by atoms with E-state index in [-0.39, 0.29) is 11.6 Å². The van der Waals surface area contributed by atoms with Crippen molar-refractivity contribution < 1.29 is 22.9 Å². The van der Waals surface area contributed by atoms with Gasteiger partial charge in [0.1, 0.15) is 5.56 Å². The molecule has 0 aliphatic carbocycles. The highest BCUT2D eigenvalue weighted by atomic mass is 19.4. The maximum Gasteiger partial charge on any atom is 0.416 e. The zero-order valence-electron chi connectivity index (χ0n) is 11.8. The van der Waals surface area contributed by atoms with Crippen LogP contribution in [0.5, 0.6) is 0 Å². The van der Waals surface area contributed by atoms with Crippen LogP contribution in [0.3, 0.4) is 0 Å². The van der Waals surface area contributed by atoms with E-state index in [4.69, 9.17) is 0 Å². The van der Waals surface area contributed by atoms with Crippen molar-refractivity contribution >= 4 is 11.6 Å². The molecule has 0 radical (unpaired) electrons. The molecule has 1 aromatic carbocycles. The van der Waals surface area contributed by atoms with Crippen LogP contribution in [-0.4, -0.2) is 28.8 Å². The first-order chi connectivity index (χ1) is 9.59. The minimum absolute atomic E-state index is 0.181. The summed E-state index contributed by atoms with van der Waals surface area (Å²) in [5.41, 5.74) is -2.35.